The Hall–Kier alpha value is -1.22. The first-order chi connectivity index (χ1) is 5.38. The fourth-order valence-electron chi connectivity index (χ4n) is 0.840. The van der Waals surface area contributed by atoms with Gasteiger partial charge in [0.2, 0.25) is 0 Å². The lowest BCUT2D eigenvalue weighted by molar-refractivity contribution is 0.332. The number of benzene rings is 1. The van der Waals surface area contributed by atoms with Gasteiger partial charge in [0, 0.05) is 0 Å². The van der Waals surface area contributed by atoms with Crippen LogP contribution in [0.1, 0.15) is 6.92 Å². The molecule has 0 fully saturated rings. The molecule has 0 amide bonds. The zero-order chi connectivity index (χ0) is 8.10. The van der Waals surface area contributed by atoms with Crippen molar-refractivity contribution < 1.29 is 9.94 Å². The fraction of sp³-hybridized carbons (Fsp3) is 0.250. The van der Waals surface area contributed by atoms with Crippen LogP contribution >= 0.6 is 0 Å². The standard InChI is InChI=1S/C8H11NO2/c1-2-11-8-6-4-3-5-7(8)9-10/h3-6,9-10H,2H2,1H3. The molecule has 0 saturated carbocycles. The van der Waals surface area contributed by atoms with E-state index in [1.807, 2.05) is 19.1 Å². The smallest absolute Gasteiger partial charge is 0.144 e. The molecule has 0 heterocycles. The van der Waals surface area contributed by atoms with Crippen molar-refractivity contribution in [2.24, 2.45) is 0 Å². The molecular weight excluding hydrogens is 142 g/mol. The van der Waals surface area contributed by atoms with Crippen LogP contribution < -0.4 is 10.2 Å². The van der Waals surface area contributed by atoms with Gasteiger partial charge in [-0.05, 0) is 19.1 Å². The summed E-state index contributed by atoms with van der Waals surface area (Å²) in [5.41, 5.74) is 2.65. The monoisotopic (exact) mass is 153 g/mol. The van der Waals surface area contributed by atoms with Crippen molar-refractivity contribution in [2.75, 3.05) is 12.1 Å². The summed E-state index contributed by atoms with van der Waals surface area (Å²) in [5.74, 6) is 0.664. The number of anilines is 1. The van der Waals surface area contributed by atoms with Gasteiger partial charge < -0.3 is 4.74 Å². The predicted molar refractivity (Wildman–Crippen MR) is 43.0 cm³/mol. The van der Waals surface area contributed by atoms with E-state index in [0.29, 0.717) is 18.0 Å². The molecule has 0 aromatic heterocycles. The topological polar surface area (TPSA) is 41.5 Å². The second-order valence-corrected chi connectivity index (χ2v) is 2.04. The molecule has 0 aliphatic heterocycles. The van der Waals surface area contributed by atoms with Crippen LogP contribution in [0.3, 0.4) is 0 Å². The molecule has 0 aliphatic carbocycles. The molecule has 0 spiro atoms. The first-order valence-corrected chi connectivity index (χ1v) is 3.50. The highest BCUT2D eigenvalue weighted by atomic mass is 16.5. The molecule has 0 radical (unpaired) electrons. The quantitative estimate of drug-likeness (QED) is 0.651. The summed E-state index contributed by atoms with van der Waals surface area (Å²) in [6, 6.07) is 7.21. The van der Waals surface area contributed by atoms with Gasteiger partial charge in [0.05, 0.1) is 6.61 Å². The lowest BCUT2D eigenvalue weighted by atomic mass is 10.3. The second kappa shape index (κ2) is 3.83. The molecule has 1 rings (SSSR count). The van der Waals surface area contributed by atoms with E-state index >= 15 is 0 Å². The van der Waals surface area contributed by atoms with E-state index in [4.69, 9.17) is 9.94 Å². The number of rotatable bonds is 3. The fourth-order valence-corrected chi connectivity index (χ4v) is 0.840. The average molecular weight is 153 g/mol. The molecule has 1 aromatic rings. The summed E-state index contributed by atoms with van der Waals surface area (Å²) in [7, 11) is 0. The largest absolute Gasteiger partial charge is 0.492 e. The summed E-state index contributed by atoms with van der Waals surface area (Å²) in [6.45, 7) is 2.49. The predicted octanol–water partition coefficient (Wildman–Crippen LogP) is 1.89. The van der Waals surface area contributed by atoms with Crippen molar-refractivity contribution >= 4 is 5.69 Å². The van der Waals surface area contributed by atoms with E-state index in [-0.39, 0.29) is 0 Å². The summed E-state index contributed by atoms with van der Waals surface area (Å²) < 4.78 is 5.21. The third-order valence-corrected chi connectivity index (χ3v) is 1.31. The van der Waals surface area contributed by atoms with Gasteiger partial charge >= 0.3 is 0 Å². The first kappa shape index (κ1) is 7.88. The van der Waals surface area contributed by atoms with Crippen LogP contribution in [0.4, 0.5) is 5.69 Å². The van der Waals surface area contributed by atoms with Crippen LogP contribution in [0.2, 0.25) is 0 Å². The van der Waals surface area contributed by atoms with E-state index in [1.54, 1.807) is 12.1 Å². The summed E-state index contributed by atoms with van der Waals surface area (Å²) in [4.78, 5) is 0. The van der Waals surface area contributed by atoms with Crippen molar-refractivity contribution in [3.8, 4) is 5.75 Å². The highest BCUT2D eigenvalue weighted by Gasteiger charge is 1.97. The van der Waals surface area contributed by atoms with E-state index in [0.717, 1.165) is 0 Å². The molecule has 0 atom stereocenters. The Morgan fingerprint density at radius 2 is 2.18 bits per heavy atom. The normalized spacial score (nSPS) is 9.27. The molecule has 3 nitrogen and oxygen atoms in total. The molecule has 2 N–H and O–H groups in total. The van der Waals surface area contributed by atoms with Crippen LogP contribution in [0.25, 0.3) is 0 Å². The van der Waals surface area contributed by atoms with Crippen molar-refractivity contribution in [2.45, 2.75) is 6.92 Å². The zero-order valence-electron chi connectivity index (χ0n) is 6.37. The van der Waals surface area contributed by atoms with Gasteiger partial charge in [0.15, 0.2) is 0 Å². The van der Waals surface area contributed by atoms with Gasteiger partial charge in [-0.15, -0.1) is 0 Å². The van der Waals surface area contributed by atoms with Gasteiger partial charge in [-0.25, -0.2) is 0 Å². The molecule has 3 heteroatoms. The van der Waals surface area contributed by atoms with Crippen LogP contribution in [-0.4, -0.2) is 11.8 Å². The summed E-state index contributed by atoms with van der Waals surface area (Å²) in [6.07, 6.45) is 0. The average Bonchev–Trinajstić information content (AvgIpc) is 2.06. The number of ether oxygens (including phenoxy) is 1. The minimum absolute atomic E-state index is 0.592. The molecule has 11 heavy (non-hydrogen) atoms. The lowest BCUT2D eigenvalue weighted by Gasteiger charge is -2.07. The number of nitrogens with one attached hydrogen (secondary N) is 1. The maximum Gasteiger partial charge on any atom is 0.144 e. The number of hydrogen-bond acceptors (Lipinski definition) is 3. The van der Waals surface area contributed by atoms with Gasteiger partial charge in [0.1, 0.15) is 11.4 Å². The third kappa shape index (κ3) is 1.85. The molecular formula is C8H11NO2. The van der Waals surface area contributed by atoms with E-state index in [9.17, 15) is 0 Å². The highest BCUT2D eigenvalue weighted by molar-refractivity contribution is 5.54. The van der Waals surface area contributed by atoms with E-state index < -0.39 is 0 Å². The Morgan fingerprint density at radius 3 is 2.82 bits per heavy atom. The minimum Gasteiger partial charge on any atom is -0.492 e. The molecule has 1 aromatic carbocycles. The van der Waals surface area contributed by atoms with Gasteiger partial charge in [-0.2, -0.15) is 0 Å². The maximum absolute atomic E-state index is 8.62. The van der Waals surface area contributed by atoms with Gasteiger partial charge in [-0.3, -0.25) is 10.7 Å². The van der Waals surface area contributed by atoms with Crippen LogP contribution in [0.5, 0.6) is 5.75 Å². The van der Waals surface area contributed by atoms with Crippen molar-refractivity contribution in [1.29, 1.82) is 0 Å². The molecule has 0 unspecified atom stereocenters. The lowest BCUT2D eigenvalue weighted by Crippen LogP contribution is -1.96. The molecule has 0 aliphatic rings. The Balaban J connectivity index is 2.83. The first-order valence-electron chi connectivity index (χ1n) is 3.50. The van der Waals surface area contributed by atoms with Crippen molar-refractivity contribution in [1.82, 2.24) is 0 Å². The number of hydrogen-bond donors (Lipinski definition) is 2. The van der Waals surface area contributed by atoms with Gasteiger partial charge in [-0.1, -0.05) is 12.1 Å². The number of para-hydroxylation sites is 2. The SMILES string of the molecule is CCOc1ccccc1NO. The minimum atomic E-state index is 0.592. The van der Waals surface area contributed by atoms with Crippen LogP contribution in [0.15, 0.2) is 24.3 Å². The zero-order valence-corrected chi connectivity index (χ0v) is 6.37. The Morgan fingerprint density at radius 1 is 1.45 bits per heavy atom. The third-order valence-electron chi connectivity index (χ3n) is 1.31. The molecule has 0 bridgehead atoms. The maximum atomic E-state index is 8.62. The van der Waals surface area contributed by atoms with Gasteiger partial charge in [0.25, 0.3) is 0 Å². The Bertz CT molecular complexity index is 225. The molecule has 0 saturated heterocycles. The van der Waals surface area contributed by atoms with Crippen molar-refractivity contribution in [3.63, 3.8) is 0 Å². The Kier molecular flexibility index (Phi) is 2.74. The highest BCUT2D eigenvalue weighted by Crippen LogP contribution is 2.22. The van der Waals surface area contributed by atoms with E-state index in [2.05, 4.69) is 5.48 Å². The Labute approximate surface area is 65.6 Å². The van der Waals surface area contributed by atoms with Crippen LogP contribution in [0, 0.1) is 0 Å². The second-order valence-electron chi connectivity index (χ2n) is 2.04. The van der Waals surface area contributed by atoms with Crippen molar-refractivity contribution in [3.05, 3.63) is 24.3 Å². The summed E-state index contributed by atoms with van der Waals surface area (Å²) in [5, 5.41) is 8.62. The molecule has 60 valence electrons. The summed E-state index contributed by atoms with van der Waals surface area (Å²) >= 11 is 0. The van der Waals surface area contributed by atoms with E-state index in [1.165, 1.54) is 0 Å². The van der Waals surface area contributed by atoms with Crippen LogP contribution in [-0.2, 0) is 0 Å².